The molecule has 2 aliphatic heterocycles. The molecule has 0 bridgehead atoms. The van der Waals surface area contributed by atoms with Gasteiger partial charge >= 0.3 is 5.97 Å². The van der Waals surface area contributed by atoms with Crippen LogP contribution >= 0.6 is 0 Å². The summed E-state index contributed by atoms with van der Waals surface area (Å²) >= 11 is 0. The summed E-state index contributed by atoms with van der Waals surface area (Å²) in [5.41, 5.74) is 0.384. The minimum Gasteiger partial charge on any atom is -0.485 e. The maximum absolute atomic E-state index is 14.4. The smallest absolute Gasteiger partial charge is 0.336 e. The lowest BCUT2D eigenvalue weighted by atomic mass is 9.92. The minimum absolute atomic E-state index is 0.0838. The molecule has 364 valence electrons. The Morgan fingerprint density at radius 1 is 0.567 bits per heavy atom. The van der Waals surface area contributed by atoms with Gasteiger partial charge < -0.3 is 94.4 Å². The van der Waals surface area contributed by atoms with Crippen LogP contribution in [-0.2, 0) is 38.8 Å². The van der Waals surface area contributed by atoms with Gasteiger partial charge in [0.25, 0.3) is 0 Å². The van der Waals surface area contributed by atoms with Gasteiger partial charge in [0.2, 0.25) is 5.75 Å². The zero-order valence-corrected chi connectivity index (χ0v) is 35.6. The molecule has 0 amide bonds. The van der Waals surface area contributed by atoms with E-state index < -0.39 is 134 Å². The van der Waals surface area contributed by atoms with E-state index in [9.17, 15) is 70.9 Å². The van der Waals surface area contributed by atoms with E-state index in [0.717, 1.165) is 6.07 Å². The van der Waals surface area contributed by atoms with Gasteiger partial charge in [0.1, 0.15) is 93.1 Å². The summed E-state index contributed by atoms with van der Waals surface area (Å²) < 4.78 is 40.0. The molecule has 0 saturated carbocycles. The highest BCUT2D eigenvalue weighted by Gasteiger charge is 2.48. The Kier molecular flexibility index (Phi) is 18.1. The van der Waals surface area contributed by atoms with Crippen LogP contribution in [0.15, 0.2) is 97.1 Å². The third-order valence-electron chi connectivity index (χ3n) is 11.1. The number of aliphatic hydroxyl groups is 11. The molecule has 4 aromatic carbocycles. The van der Waals surface area contributed by atoms with Crippen molar-refractivity contribution in [3.05, 3.63) is 125 Å². The van der Waals surface area contributed by atoms with Gasteiger partial charge in [0.15, 0.2) is 29.9 Å². The molecule has 12 N–H and O–H groups in total. The number of aromatic carboxylic acids is 1. The van der Waals surface area contributed by atoms with Crippen LogP contribution in [0.2, 0.25) is 0 Å². The summed E-state index contributed by atoms with van der Waals surface area (Å²) in [6.07, 6.45) is -27.4. The number of hydrogen-bond donors (Lipinski definition) is 12. The zero-order chi connectivity index (χ0) is 48.4. The Labute approximate surface area is 382 Å². The van der Waals surface area contributed by atoms with E-state index in [-0.39, 0.29) is 31.3 Å². The predicted octanol–water partition coefficient (Wildman–Crippen LogP) is -1.61. The van der Waals surface area contributed by atoms with Crippen LogP contribution in [0.5, 0.6) is 17.2 Å². The molecule has 21 nitrogen and oxygen atoms in total. The summed E-state index contributed by atoms with van der Waals surface area (Å²) in [6, 6.07) is 27.2. The lowest BCUT2D eigenvalue weighted by Crippen LogP contribution is -2.62. The fourth-order valence-corrected chi connectivity index (χ4v) is 7.20. The molecule has 6 rings (SSSR count). The van der Waals surface area contributed by atoms with E-state index in [2.05, 4.69) is 0 Å². The average molecular weight is 943 g/mol. The van der Waals surface area contributed by atoms with Crippen LogP contribution in [0, 0.1) is 0 Å². The van der Waals surface area contributed by atoms with Crippen molar-refractivity contribution in [2.24, 2.45) is 0 Å². The van der Waals surface area contributed by atoms with E-state index >= 15 is 0 Å². The van der Waals surface area contributed by atoms with E-state index in [0.29, 0.717) is 16.7 Å². The van der Waals surface area contributed by atoms with Crippen LogP contribution in [0.1, 0.15) is 37.4 Å². The fraction of sp³-hybridized carbons (Fsp3) is 0.435. The fourth-order valence-electron chi connectivity index (χ4n) is 7.20. The van der Waals surface area contributed by atoms with Crippen molar-refractivity contribution in [1.82, 2.24) is 0 Å². The molecule has 4 aromatic rings. The van der Waals surface area contributed by atoms with Gasteiger partial charge in [0.05, 0.1) is 30.9 Å². The normalized spacial score (nSPS) is 27.0. The van der Waals surface area contributed by atoms with Crippen molar-refractivity contribution < 1.29 is 104 Å². The predicted molar refractivity (Wildman–Crippen MR) is 226 cm³/mol. The van der Waals surface area contributed by atoms with Crippen LogP contribution in [-0.4, -0.2) is 179 Å². The zero-order valence-electron chi connectivity index (χ0n) is 35.6. The van der Waals surface area contributed by atoms with Gasteiger partial charge in [-0.3, -0.25) is 4.79 Å². The van der Waals surface area contributed by atoms with E-state index in [1.165, 1.54) is 0 Å². The summed E-state index contributed by atoms with van der Waals surface area (Å²) in [5.74, 6) is -4.06. The number of rotatable bonds is 22. The van der Waals surface area contributed by atoms with Crippen LogP contribution in [0.4, 0.5) is 0 Å². The number of carboxylic acid groups (broad SMARTS) is 1. The topological polar surface area (TPSA) is 342 Å². The number of carbonyl (C=O) groups is 2. The lowest BCUT2D eigenvalue weighted by molar-refractivity contribution is -0.333. The maximum atomic E-state index is 14.4. The number of aliphatic hydroxyl groups excluding tert-OH is 11. The highest BCUT2D eigenvalue weighted by atomic mass is 16.7. The van der Waals surface area contributed by atoms with Crippen molar-refractivity contribution in [3.8, 4) is 17.2 Å². The van der Waals surface area contributed by atoms with Gasteiger partial charge in [-0.15, -0.1) is 0 Å². The first-order valence-corrected chi connectivity index (χ1v) is 21.1. The Morgan fingerprint density at radius 3 is 1.54 bits per heavy atom. The first kappa shape index (κ1) is 51.2. The Balaban J connectivity index is 1.21. The molecule has 14 atom stereocenters. The van der Waals surface area contributed by atoms with E-state index in [4.69, 9.17) is 33.2 Å². The number of ether oxygens (including phenoxy) is 7. The summed E-state index contributed by atoms with van der Waals surface area (Å²) in [4.78, 5) is 27.3. The highest BCUT2D eigenvalue weighted by Crippen LogP contribution is 2.45. The van der Waals surface area contributed by atoms with E-state index in [1.807, 2.05) is 0 Å². The van der Waals surface area contributed by atoms with Gasteiger partial charge in [0, 0.05) is 0 Å². The molecule has 0 aliphatic carbocycles. The molecule has 0 aromatic heterocycles. The minimum atomic E-state index is -2.66. The quantitative estimate of drug-likeness (QED) is 0.0394. The summed E-state index contributed by atoms with van der Waals surface area (Å²) in [6.45, 7) is -2.98. The molecule has 2 saturated heterocycles. The van der Waals surface area contributed by atoms with Crippen molar-refractivity contribution >= 4 is 11.8 Å². The molecule has 0 spiro atoms. The molecule has 0 radical (unpaired) electrons. The van der Waals surface area contributed by atoms with Crippen LogP contribution < -0.4 is 14.2 Å². The Hall–Kier alpha value is -5.18. The lowest BCUT2D eigenvalue weighted by Gasteiger charge is -2.42. The molecule has 2 heterocycles. The second-order valence-corrected chi connectivity index (χ2v) is 15.8. The highest BCUT2D eigenvalue weighted by molar-refractivity contribution is 6.11. The summed E-state index contributed by atoms with van der Waals surface area (Å²) in [7, 11) is 0. The van der Waals surface area contributed by atoms with Crippen molar-refractivity contribution in [2.75, 3.05) is 19.8 Å². The number of carboxylic acids is 1. The first-order valence-electron chi connectivity index (χ1n) is 21.1. The largest absolute Gasteiger partial charge is 0.485 e. The number of hydrogen-bond acceptors (Lipinski definition) is 20. The van der Waals surface area contributed by atoms with Crippen LogP contribution in [0.3, 0.4) is 0 Å². The van der Waals surface area contributed by atoms with Gasteiger partial charge in [-0.05, 0) is 22.8 Å². The molecule has 2 fully saturated rings. The molecule has 0 unspecified atom stereocenters. The third kappa shape index (κ3) is 12.5. The second kappa shape index (κ2) is 23.7. The van der Waals surface area contributed by atoms with Crippen LogP contribution in [0.25, 0.3) is 0 Å². The number of benzene rings is 4. The van der Waals surface area contributed by atoms with Crippen molar-refractivity contribution in [2.45, 2.75) is 106 Å². The monoisotopic (exact) mass is 942 g/mol. The Morgan fingerprint density at radius 2 is 1.03 bits per heavy atom. The SMILES string of the molecule is O=C(O)c1cc(OCc2ccccc2)c(OCc2ccccc2)c(OCc2ccccc2)c1C(=O)[C@H](O)[C@@H](O)[C@H](O)[C@H](O)CO[C@H]1O[C@H](CO[C@H]2O[C@H](CO)[C@@H](O)[C@H](O)[C@H]2O)[C@@H](O)[C@H](O)[C@H]1O. The first-order chi connectivity index (χ1) is 32.1. The van der Waals surface area contributed by atoms with E-state index in [1.54, 1.807) is 91.0 Å². The van der Waals surface area contributed by atoms with Gasteiger partial charge in [-0.1, -0.05) is 91.0 Å². The molecule has 2 aliphatic rings. The Bertz CT molecular complexity index is 2180. The number of Topliss-reactive ketones (excluding diaryl/α,β-unsaturated/α-hetero) is 1. The average Bonchev–Trinajstić information content (AvgIpc) is 3.35. The molecular weight excluding hydrogens is 888 g/mol. The van der Waals surface area contributed by atoms with Crippen molar-refractivity contribution in [3.63, 3.8) is 0 Å². The van der Waals surface area contributed by atoms with Gasteiger partial charge in [-0.2, -0.15) is 0 Å². The maximum Gasteiger partial charge on any atom is 0.336 e. The number of ketones is 1. The van der Waals surface area contributed by atoms with Gasteiger partial charge in [-0.25, -0.2) is 4.79 Å². The standard InChI is InChI=1S/C46H54O21/c47-17-29-33(50)37(54)40(57)46(66-29)65-22-30-34(51)38(55)41(58)45(67-30)64-21-27(48)32(49)36(53)39(56)35(52)31-26(44(59)60)16-28(61-18-23-10-4-1-5-11-23)42(62-19-24-12-6-2-7-13-24)43(31)63-20-25-14-8-3-9-15-25/h1-16,27,29-30,32-34,36-41,45-51,53-58H,17-22H2,(H,59,60)/t27-,29-,30-,32-,33-,34-,36+,37+,38+,39+,40-,41-,45+,46+/m1/s1. The molecular formula is C46H54O21. The molecule has 21 heteroatoms. The third-order valence-corrected chi connectivity index (χ3v) is 11.1. The molecule has 67 heavy (non-hydrogen) atoms. The second-order valence-electron chi connectivity index (χ2n) is 15.8. The summed E-state index contributed by atoms with van der Waals surface area (Å²) in [5, 5.41) is 126. The number of carbonyl (C=O) groups excluding carboxylic acids is 1. The van der Waals surface area contributed by atoms with Crippen molar-refractivity contribution in [1.29, 1.82) is 0 Å².